The molecule has 0 aliphatic rings. The maximum atomic E-state index is 6.14. The Morgan fingerprint density at radius 2 is 1.67 bits per heavy atom. The van der Waals surface area contributed by atoms with Gasteiger partial charge in [-0.3, -0.25) is 0 Å². The second-order valence-electron chi connectivity index (χ2n) is 3.98. The third kappa shape index (κ3) is 2.94. The Hall–Kier alpha value is -0.830. The molecule has 2 N–H and O–H groups in total. The van der Waals surface area contributed by atoms with Crippen molar-refractivity contribution in [2.24, 2.45) is 0 Å². The second-order valence-corrected chi connectivity index (χ2v) is 5.81. The SMILES string of the molecule is Cc1cccc(SCc2c(Cl)cccc2Cl)c1N. The van der Waals surface area contributed by atoms with Crippen molar-refractivity contribution in [3.05, 3.63) is 57.6 Å². The summed E-state index contributed by atoms with van der Waals surface area (Å²) in [6.07, 6.45) is 0. The van der Waals surface area contributed by atoms with Crippen LogP contribution in [0.25, 0.3) is 0 Å². The van der Waals surface area contributed by atoms with Gasteiger partial charge in [0.25, 0.3) is 0 Å². The van der Waals surface area contributed by atoms with Gasteiger partial charge in [-0.25, -0.2) is 0 Å². The third-order valence-electron chi connectivity index (χ3n) is 2.72. The van der Waals surface area contributed by atoms with Gasteiger partial charge in [0, 0.05) is 26.4 Å². The van der Waals surface area contributed by atoms with Crippen LogP contribution in [-0.2, 0) is 5.75 Å². The van der Waals surface area contributed by atoms with Crippen LogP contribution in [-0.4, -0.2) is 0 Å². The molecule has 2 rings (SSSR count). The molecule has 4 heteroatoms. The maximum absolute atomic E-state index is 6.14. The van der Waals surface area contributed by atoms with Gasteiger partial charge in [-0.2, -0.15) is 0 Å². The Morgan fingerprint density at radius 1 is 1.06 bits per heavy atom. The lowest BCUT2D eigenvalue weighted by atomic mass is 10.2. The predicted molar refractivity (Wildman–Crippen MR) is 81.6 cm³/mol. The zero-order valence-corrected chi connectivity index (χ0v) is 12.2. The highest BCUT2D eigenvalue weighted by molar-refractivity contribution is 7.98. The normalized spacial score (nSPS) is 10.6. The van der Waals surface area contributed by atoms with E-state index in [4.69, 9.17) is 28.9 Å². The lowest BCUT2D eigenvalue weighted by Gasteiger charge is -2.09. The molecule has 0 aliphatic heterocycles. The van der Waals surface area contributed by atoms with E-state index in [1.807, 2.05) is 43.3 Å². The molecule has 0 heterocycles. The van der Waals surface area contributed by atoms with Crippen molar-refractivity contribution < 1.29 is 0 Å². The van der Waals surface area contributed by atoms with Gasteiger partial charge in [-0.05, 0) is 36.2 Å². The maximum Gasteiger partial charge on any atom is 0.0482 e. The van der Waals surface area contributed by atoms with Crippen molar-refractivity contribution >= 4 is 40.7 Å². The minimum atomic E-state index is 0.696. The van der Waals surface area contributed by atoms with Crippen LogP contribution in [0.1, 0.15) is 11.1 Å². The summed E-state index contributed by atoms with van der Waals surface area (Å²) >= 11 is 13.9. The van der Waals surface area contributed by atoms with Gasteiger partial charge in [0.05, 0.1) is 0 Å². The lowest BCUT2D eigenvalue weighted by molar-refractivity contribution is 1.34. The van der Waals surface area contributed by atoms with E-state index in [9.17, 15) is 0 Å². The molecule has 0 aliphatic carbocycles. The van der Waals surface area contributed by atoms with E-state index >= 15 is 0 Å². The topological polar surface area (TPSA) is 26.0 Å². The average molecular weight is 298 g/mol. The summed E-state index contributed by atoms with van der Waals surface area (Å²) in [5.41, 5.74) is 8.90. The van der Waals surface area contributed by atoms with Crippen LogP contribution in [0, 0.1) is 6.92 Å². The monoisotopic (exact) mass is 297 g/mol. The van der Waals surface area contributed by atoms with E-state index in [2.05, 4.69) is 0 Å². The number of para-hydroxylation sites is 1. The second kappa shape index (κ2) is 5.87. The number of thioether (sulfide) groups is 1. The molecule has 18 heavy (non-hydrogen) atoms. The number of nitrogen functional groups attached to an aromatic ring is 1. The number of hydrogen-bond donors (Lipinski definition) is 1. The van der Waals surface area contributed by atoms with Crippen LogP contribution in [0.5, 0.6) is 0 Å². The summed E-state index contributed by atoms with van der Waals surface area (Å²) in [6.45, 7) is 2.00. The van der Waals surface area contributed by atoms with Crippen LogP contribution in [0.3, 0.4) is 0 Å². The number of halogens is 2. The zero-order chi connectivity index (χ0) is 13.1. The first kappa shape index (κ1) is 13.6. The molecule has 0 fully saturated rings. The van der Waals surface area contributed by atoms with E-state index in [-0.39, 0.29) is 0 Å². The Labute approximate surface area is 121 Å². The van der Waals surface area contributed by atoms with Gasteiger partial charge in [0.15, 0.2) is 0 Å². The highest BCUT2D eigenvalue weighted by Crippen LogP contribution is 2.34. The van der Waals surface area contributed by atoms with E-state index in [0.29, 0.717) is 15.8 Å². The zero-order valence-electron chi connectivity index (χ0n) is 9.91. The fraction of sp³-hybridized carbons (Fsp3) is 0.143. The van der Waals surface area contributed by atoms with Crippen molar-refractivity contribution in [3.63, 3.8) is 0 Å². The van der Waals surface area contributed by atoms with Crippen LogP contribution >= 0.6 is 35.0 Å². The first-order valence-corrected chi connectivity index (χ1v) is 7.24. The Kier molecular flexibility index (Phi) is 4.44. The Balaban J connectivity index is 2.19. The first-order chi connectivity index (χ1) is 8.59. The highest BCUT2D eigenvalue weighted by Gasteiger charge is 2.08. The number of benzene rings is 2. The summed E-state index contributed by atoms with van der Waals surface area (Å²) < 4.78 is 0. The van der Waals surface area contributed by atoms with Crippen LogP contribution in [0.15, 0.2) is 41.3 Å². The molecule has 0 aromatic heterocycles. The minimum absolute atomic E-state index is 0.696. The van der Waals surface area contributed by atoms with Crippen LogP contribution < -0.4 is 5.73 Å². The van der Waals surface area contributed by atoms with Gasteiger partial charge in [0.2, 0.25) is 0 Å². The molecule has 0 unspecified atom stereocenters. The fourth-order valence-corrected chi connectivity index (χ4v) is 3.39. The van der Waals surface area contributed by atoms with E-state index in [1.165, 1.54) is 0 Å². The molecule has 0 saturated heterocycles. The van der Waals surface area contributed by atoms with Crippen molar-refractivity contribution in [2.75, 3.05) is 5.73 Å². The third-order valence-corrected chi connectivity index (χ3v) is 4.53. The standard InChI is InChI=1S/C14H13Cl2NS/c1-9-4-2-7-13(14(9)17)18-8-10-11(15)5-3-6-12(10)16/h2-7H,8,17H2,1H3. The molecule has 2 aromatic carbocycles. The average Bonchev–Trinajstić information content (AvgIpc) is 2.33. The number of nitrogens with two attached hydrogens (primary N) is 1. The molecular weight excluding hydrogens is 285 g/mol. The number of aryl methyl sites for hydroxylation is 1. The number of rotatable bonds is 3. The minimum Gasteiger partial charge on any atom is -0.398 e. The first-order valence-electron chi connectivity index (χ1n) is 5.50. The Bertz CT molecular complexity index is 549. The molecule has 0 atom stereocenters. The highest BCUT2D eigenvalue weighted by atomic mass is 35.5. The Morgan fingerprint density at radius 3 is 2.33 bits per heavy atom. The quantitative estimate of drug-likeness (QED) is 0.624. The molecule has 2 aromatic rings. The van der Waals surface area contributed by atoms with Gasteiger partial charge in [-0.15, -0.1) is 11.8 Å². The molecular formula is C14H13Cl2NS. The number of anilines is 1. The van der Waals surface area contributed by atoms with Gasteiger partial charge >= 0.3 is 0 Å². The van der Waals surface area contributed by atoms with Crippen LogP contribution in [0.2, 0.25) is 10.0 Å². The molecule has 0 radical (unpaired) electrons. The number of hydrogen-bond acceptors (Lipinski definition) is 2. The molecule has 0 spiro atoms. The summed E-state index contributed by atoms with van der Waals surface area (Å²) in [6, 6.07) is 11.6. The van der Waals surface area contributed by atoms with Crippen LogP contribution in [0.4, 0.5) is 5.69 Å². The van der Waals surface area contributed by atoms with Crippen molar-refractivity contribution in [1.29, 1.82) is 0 Å². The summed E-state index contributed by atoms with van der Waals surface area (Å²) in [5, 5.41) is 1.39. The summed E-state index contributed by atoms with van der Waals surface area (Å²) in [7, 11) is 0. The van der Waals surface area contributed by atoms with Crippen molar-refractivity contribution in [3.8, 4) is 0 Å². The largest absolute Gasteiger partial charge is 0.398 e. The summed E-state index contributed by atoms with van der Waals surface area (Å²) in [4.78, 5) is 1.06. The van der Waals surface area contributed by atoms with Gasteiger partial charge < -0.3 is 5.73 Å². The smallest absolute Gasteiger partial charge is 0.0482 e. The van der Waals surface area contributed by atoms with Crippen molar-refractivity contribution in [1.82, 2.24) is 0 Å². The fourth-order valence-electron chi connectivity index (χ4n) is 1.60. The van der Waals surface area contributed by atoms with E-state index in [0.717, 1.165) is 21.7 Å². The summed E-state index contributed by atoms with van der Waals surface area (Å²) in [5.74, 6) is 0.714. The van der Waals surface area contributed by atoms with Gasteiger partial charge in [-0.1, -0.05) is 41.4 Å². The van der Waals surface area contributed by atoms with E-state index in [1.54, 1.807) is 11.8 Å². The predicted octanol–water partition coefficient (Wildman–Crippen LogP) is 5.18. The molecule has 1 nitrogen and oxygen atoms in total. The molecule has 0 saturated carbocycles. The van der Waals surface area contributed by atoms with Crippen molar-refractivity contribution in [2.45, 2.75) is 17.6 Å². The molecule has 94 valence electrons. The van der Waals surface area contributed by atoms with Gasteiger partial charge in [0.1, 0.15) is 0 Å². The van der Waals surface area contributed by atoms with E-state index < -0.39 is 0 Å². The molecule has 0 amide bonds. The molecule has 0 bridgehead atoms. The lowest BCUT2D eigenvalue weighted by Crippen LogP contribution is -1.93.